The van der Waals surface area contributed by atoms with E-state index in [1.165, 1.54) is 12.7 Å². The summed E-state index contributed by atoms with van der Waals surface area (Å²) in [5.41, 5.74) is 2.92. The molecular formula is C18H20O3. The highest BCUT2D eigenvalue weighted by Crippen LogP contribution is 2.16. The van der Waals surface area contributed by atoms with Gasteiger partial charge in [0.15, 0.2) is 0 Å². The summed E-state index contributed by atoms with van der Waals surface area (Å²) in [5, 5.41) is 0. The maximum atomic E-state index is 11.3. The molecule has 0 aliphatic heterocycles. The van der Waals surface area contributed by atoms with Gasteiger partial charge in [0.1, 0.15) is 5.75 Å². The highest BCUT2D eigenvalue weighted by Gasteiger charge is 2.04. The zero-order valence-corrected chi connectivity index (χ0v) is 12.5. The molecule has 0 atom stereocenters. The molecule has 2 aromatic carbocycles. The Balaban J connectivity index is 1.79. The van der Waals surface area contributed by atoms with Crippen molar-refractivity contribution in [3.05, 3.63) is 65.2 Å². The Hall–Kier alpha value is -2.29. The van der Waals surface area contributed by atoms with E-state index in [9.17, 15) is 4.79 Å². The summed E-state index contributed by atoms with van der Waals surface area (Å²) in [5.74, 6) is 0.642. The second-order valence-corrected chi connectivity index (χ2v) is 4.91. The third-order valence-electron chi connectivity index (χ3n) is 3.34. The summed E-state index contributed by atoms with van der Waals surface area (Å²) in [6.07, 6.45) is 1.86. The van der Waals surface area contributed by atoms with E-state index >= 15 is 0 Å². The number of carbonyl (C=O) groups is 1. The number of benzene rings is 2. The molecule has 0 spiro atoms. The fourth-order valence-electron chi connectivity index (χ4n) is 2.10. The van der Waals surface area contributed by atoms with Crippen molar-refractivity contribution in [3.63, 3.8) is 0 Å². The van der Waals surface area contributed by atoms with Crippen LogP contribution in [-0.2, 0) is 11.2 Å². The van der Waals surface area contributed by atoms with Crippen LogP contribution in [0.4, 0.5) is 0 Å². The number of methoxy groups -OCH3 is 1. The zero-order chi connectivity index (χ0) is 15.1. The fraction of sp³-hybridized carbons (Fsp3) is 0.278. The van der Waals surface area contributed by atoms with Crippen LogP contribution in [0.1, 0.15) is 27.9 Å². The first-order valence-corrected chi connectivity index (χ1v) is 7.06. The summed E-state index contributed by atoms with van der Waals surface area (Å²) in [6.45, 7) is 2.73. The van der Waals surface area contributed by atoms with Gasteiger partial charge in [-0.25, -0.2) is 4.79 Å². The number of hydrogen-bond donors (Lipinski definition) is 0. The summed E-state index contributed by atoms with van der Waals surface area (Å²) < 4.78 is 10.4. The largest absolute Gasteiger partial charge is 0.493 e. The van der Waals surface area contributed by atoms with Crippen molar-refractivity contribution in [2.24, 2.45) is 0 Å². The van der Waals surface area contributed by atoms with Gasteiger partial charge in [-0.2, -0.15) is 0 Å². The van der Waals surface area contributed by atoms with E-state index in [-0.39, 0.29) is 5.97 Å². The summed E-state index contributed by atoms with van der Waals surface area (Å²) >= 11 is 0. The van der Waals surface area contributed by atoms with Gasteiger partial charge in [0.05, 0.1) is 19.3 Å². The third-order valence-corrected chi connectivity index (χ3v) is 3.34. The highest BCUT2D eigenvalue weighted by molar-refractivity contribution is 5.89. The Bertz CT molecular complexity index is 588. The minimum Gasteiger partial charge on any atom is -0.493 e. The van der Waals surface area contributed by atoms with Gasteiger partial charge in [0.2, 0.25) is 0 Å². The lowest BCUT2D eigenvalue weighted by Crippen LogP contribution is -2.02. The van der Waals surface area contributed by atoms with Gasteiger partial charge in [-0.05, 0) is 49.1 Å². The number of aryl methyl sites for hydroxylation is 2. The van der Waals surface area contributed by atoms with Crippen LogP contribution in [-0.4, -0.2) is 19.7 Å². The Morgan fingerprint density at radius 2 is 1.76 bits per heavy atom. The van der Waals surface area contributed by atoms with Crippen LogP contribution in [0.2, 0.25) is 0 Å². The molecule has 0 bridgehead atoms. The van der Waals surface area contributed by atoms with Crippen molar-refractivity contribution in [3.8, 4) is 5.75 Å². The van der Waals surface area contributed by atoms with Gasteiger partial charge in [-0.15, -0.1) is 0 Å². The first-order chi connectivity index (χ1) is 10.2. The van der Waals surface area contributed by atoms with E-state index in [2.05, 4.69) is 4.74 Å². The molecule has 2 rings (SSSR count). The van der Waals surface area contributed by atoms with Crippen LogP contribution in [0, 0.1) is 6.92 Å². The van der Waals surface area contributed by atoms with Gasteiger partial charge in [0.25, 0.3) is 0 Å². The standard InChI is InChI=1S/C18H20O3/c1-14-6-3-4-8-17(14)21-13-5-7-15-9-11-16(12-10-15)18(19)20-2/h3-4,6,8-12H,5,7,13H2,1-2H3. The lowest BCUT2D eigenvalue weighted by atomic mass is 10.1. The van der Waals surface area contributed by atoms with Gasteiger partial charge >= 0.3 is 5.97 Å². The smallest absolute Gasteiger partial charge is 0.337 e. The number of para-hydroxylation sites is 1. The molecule has 0 heterocycles. The predicted octanol–water partition coefficient (Wildman–Crippen LogP) is 3.79. The van der Waals surface area contributed by atoms with Crippen LogP contribution < -0.4 is 4.74 Å². The van der Waals surface area contributed by atoms with Crippen molar-refractivity contribution in [2.75, 3.05) is 13.7 Å². The van der Waals surface area contributed by atoms with Crippen LogP contribution in [0.5, 0.6) is 5.75 Å². The van der Waals surface area contributed by atoms with Crippen molar-refractivity contribution in [1.82, 2.24) is 0 Å². The molecule has 0 fully saturated rings. The number of ether oxygens (including phenoxy) is 2. The molecule has 2 aromatic rings. The van der Waals surface area contributed by atoms with Gasteiger partial charge in [-0.1, -0.05) is 30.3 Å². The van der Waals surface area contributed by atoms with Crippen molar-refractivity contribution < 1.29 is 14.3 Å². The van der Waals surface area contributed by atoms with Crippen molar-refractivity contribution in [2.45, 2.75) is 19.8 Å². The Morgan fingerprint density at radius 3 is 2.43 bits per heavy atom. The molecule has 0 amide bonds. The van der Waals surface area contributed by atoms with Crippen LogP contribution in [0.25, 0.3) is 0 Å². The second-order valence-electron chi connectivity index (χ2n) is 4.91. The molecule has 3 nitrogen and oxygen atoms in total. The molecule has 0 saturated carbocycles. The minimum absolute atomic E-state index is 0.301. The van der Waals surface area contributed by atoms with Crippen LogP contribution >= 0.6 is 0 Å². The van der Waals surface area contributed by atoms with E-state index in [0.717, 1.165) is 24.2 Å². The van der Waals surface area contributed by atoms with Gasteiger partial charge < -0.3 is 9.47 Å². The Labute approximate surface area is 125 Å². The molecule has 0 aliphatic carbocycles. The molecule has 0 saturated heterocycles. The minimum atomic E-state index is -0.301. The maximum absolute atomic E-state index is 11.3. The third kappa shape index (κ3) is 4.35. The molecule has 21 heavy (non-hydrogen) atoms. The zero-order valence-electron chi connectivity index (χ0n) is 12.5. The van der Waals surface area contributed by atoms with E-state index < -0.39 is 0 Å². The highest BCUT2D eigenvalue weighted by atomic mass is 16.5. The first kappa shape index (κ1) is 15.1. The predicted molar refractivity (Wildman–Crippen MR) is 82.8 cm³/mol. The lowest BCUT2D eigenvalue weighted by molar-refractivity contribution is 0.0600. The topological polar surface area (TPSA) is 35.5 Å². The molecule has 0 N–H and O–H groups in total. The lowest BCUT2D eigenvalue weighted by Gasteiger charge is -2.08. The number of carbonyl (C=O) groups excluding carboxylic acids is 1. The monoisotopic (exact) mass is 284 g/mol. The van der Waals surface area contributed by atoms with Gasteiger partial charge in [0, 0.05) is 0 Å². The Kier molecular flexibility index (Phi) is 5.38. The normalized spacial score (nSPS) is 10.2. The van der Waals surface area contributed by atoms with E-state index in [1.54, 1.807) is 12.1 Å². The SMILES string of the molecule is COC(=O)c1ccc(CCCOc2ccccc2C)cc1. The van der Waals surface area contributed by atoms with Crippen LogP contribution in [0.3, 0.4) is 0 Å². The van der Waals surface area contributed by atoms with Crippen LogP contribution in [0.15, 0.2) is 48.5 Å². The van der Waals surface area contributed by atoms with Crippen molar-refractivity contribution >= 4 is 5.97 Å². The molecule has 0 aliphatic rings. The first-order valence-electron chi connectivity index (χ1n) is 7.06. The average molecular weight is 284 g/mol. The number of hydrogen-bond acceptors (Lipinski definition) is 3. The summed E-state index contributed by atoms with van der Waals surface area (Å²) in [7, 11) is 1.39. The molecule has 3 heteroatoms. The second kappa shape index (κ2) is 7.48. The molecule has 110 valence electrons. The maximum Gasteiger partial charge on any atom is 0.337 e. The number of esters is 1. The van der Waals surface area contributed by atoms with E-state index in [0.29, 0.717) is 12.2 Å². The fourth-order valence-corrected chi connectivity index (χ4v) is 2.10. The summed E-state index contributed by atoms with van der Waals surface area (Å²) in [4.78, 5) is 11.3. The summed E-state index contributed by atoms with van der Waals surface area (Å²) in [6, 6.07) is 15.5. The molecule has 0 radical (unpaired) electrons. The molecule has 0 unspecified atom stereocenters. The van der Waals surface area contributed by atoms with Gasteiger partial charge in [-0.3, -0.25) is 0 Å². The Morgan fingerprint density at radius 1 is 1.05 bits per heavy atom. The van der Waals surface area contributed by atoms with E-state index in [4.69, 9.17) is 4.74 Å². The molecule has 0 aromatic heterocycles. The van der Waals surface area contributed by atoms with E-state index in [1.807, 2.05) is 43.3 Å². The van der Waals surface area contributed by atoms with Crippen molar-refractivity contribution in [1.29, 1.82) is 0 Å². The number of rotatable bonds is 6. The molecular weight excluding hydrogens is 264 g/mol. The average Bonchev–Trinajstić information content (AvgIpc) is 2.53. The quantitative estimate of drug-likeness (QED) is 0.598.